The monoisotopic (exact) mass is 443 g/mol. The highest BCUT2D eigenvalue weighted by molar-refractivity contribution is 5.97. The van der Waals surface area contributed by atoms with Gasteiger partial charge < -0.3 is 20.4 Å². The highest BCUT2D eigenvalue weighted by Crippen LogP contribution is 2.33. The van der Waals surface area contributed by atoms with E-state index in [-0.39, 0.29) is 23.5 Å². The number of hydrogen-bond acceptors (Lipinski definition) is 3. The molecule has 0 saturated carbocycles. The van der Waals surface area contributed by atoms with Gasteiger partial charge in [-0.2, -0.15) is 0 Å². The van der Waals surface area contributed by atoms with Gasteiger partial charge in [-0.25, -0.2) is 13.2 Å². The van der Waals surface area contributed by atoms with Gasteiger partial charge in [-0.05, 0) is 49.1 Å². The van der Waals surface area contributed by atoms with Crippen molar-refractivity contribution >= 4 is 22.9 Å². The average molecular weight is 443 g/mol. The molecule has 32 heavy (non-hydrogen) atoms. The first-order chi connectivity index (χ1) is 15.4. The summed E-state index contributed by atoms with van der Waals surface area (Å²) in [4.78, 5) is 16.6. The number of aryl methyl sites for hydroxylation is 1. The second kappa shape index (κ2) is 8.98. The van der Waals surface area contributed by atoms with Crippen LogP contribution < -0.4 is 10.5 Å². The van der Waals surface area contributed by atoms with Crippen LogP contribution in [0, 0.1) is 17.5 Å². The SMILES string of the molecule is CCCN(CCCc1c[nH]c2c(F)cc(F)cc12)C1=Cc2c(F)ccc(C(N)=O)c2OC1. The molecule has 0 spiro atoms. The molecule has 1 aliphatic rings. The highest BCUT2D eigenvalue weighted by Gasteiger charge is 2.23. The number of benzene rings is 2. The van der Waals surface area contributed by atoms with Gasteiger partial charge in [-0.15, -0.1) is 0 Å². The summed E-state index contributed by atoms with van der Waals surface area (Å²) in [6, 6.07) is 4.73. The molecular weight excluding hydrogens is 419 g/mol. The summed E-state index contributed by atoms with van der Waals surface area (Å²) in [5, 5.41) is 0.541. The van der Waals surface area contributed by atoms with Crippen molar-refractivity contribution in [3.05, 3.63) is 70.3 Å². The maximum Gasteiger partial charge on any atom is 0.252 e. The van der Waals surface area contributed by atoms with Crippen LogP contribution in [0.3, 0.4) is 0 Å². The standard InChI is InChI=1S/C24H24F3N3O2/c1-2-7-30(8-3-4-14-12-29-22-18(14)9-15(25)10-21(22)27)16-11-19-20(26)6-5-17(24(28)31)23(19)32-13-16/h5-6,9-12,29H,2-4,7-8,13H2,1H3,(H2,28,31). The molecule has 8 heteroatoms. The summed E-state index contributed by atoms with van der Waals surface area (Å²) >= 11 is 0. The largest absolute Gasteiger partial charge is 0.486 e. The molecule has 0 aliphatic carbocycles. The molecule has 1 aliphatic heterocycles. The lowest BCUT2D eigenvalue weighted by Gasteiger charge is -2.30. The number of H-pyrrole nitrogens is 1. The summed E-state index contributed by atoms with van der Waals surface area (Å²) in [7, 11) is 0. The fourth-order valence-electron chi connectivity index (χ4n) is 4.14. The number of aromatic nitrogens is 1. The lowest BCUT2D eigenvalue weighted by Crippen LogP contribution is -2.30. The Labute approximate surface area is 183 Å². The molecule has 2 heterocycles. The third kappa shape index (κ3) is 4.17. The Morgan fingerprint density at radius 1 is 1.19 bits per heavy atom. The molecule has 0 atom stereocenters. The number of carbonyl (C=O) groups is 1. The van der Waals surface area contributed by atoms with E-state index in [2.05, 4.69) is 9.88 Å². The first-order valence-electron chi connectivity index (χ1n) is 10.5. The Morgan fingerprint density at radius 2 is 2.00 bits per heavy atom. The van der Waals surface area contributed by atoms with Crippen LogP contribution >= 0.6 is 0 Å². The number of rotatable bonds is 8. The number of ether oxygens (including phenoxy) is 1. The lowest BCUT2D eigenvalue weighted by atomic mass is 10.0. The van der Waals surface area contributed by atoms with Crippen molar-refractivity contribution in [2.24, 2.45) is 5.73 Å². The number of nitrogens with one attached hydrogen (secondary N) is 1. The molecule has 5 nitrogen and oxygen atoms in total. The lowest BCUT2D eigenvalue weighted by molar-refractivity contribution is 0.0996. The Kier molecular flexibility index (Phi) is 6.12. The van der Waals surface area contributed by atoms with Gasteiger partial charge in [0.05, 0.1) is 22.3 Å². The van der Waals surface area contributed by atoms with Gasteiger partial charge in [0, 0.05) is 30.7 Å². The van der Waals surface area contributed by atoms with Gasteiger partial charge in [0.1, 0.15) is 29.8 Å². The molecule has 0 saturated heterocycles. The number of amides is 1. The minimum atomic E-state index is -0.671. The van der Waals surface area contributed by atoms with Gasteiger partial charge in [0.15, 0.2) is 0 Å². The maximum absolute atomic E-state index is 14.4. The van der Waals surface area contributed by atoms with E-state index in [1.54, 1.807) is 12.3 Å². The van der Waals surface area contributed by atoms with Crippen molar-refractivity contribution in [3.8, 4) is 5.75 Å². The average Bonchev–Trinajstić information content (AvgIpc) is 3.16. The molecule has 0 fully saturated rings. The number of aromatic amines is 1. The predicted molar refractivity (Wildman–Crippen MR) is 117 cm³/mol. The van der Waals surface area contributed by atoms with Crippen LogP contribution in [0.2, 0.25) is 0 Å². The van der Waals surface area contributed by atoms with Crippen molar-refractivity contribution in [1.29, 1.82) is 0 Å². The number of halogens is 3. The number of nitrogens with two attached hydrogens (primary N) is 1. The van der Waals surface area contributed by atoms with Crippen LogP contribution in [-0.4, -0.2) is 35.5 Å². The van der Waals surface area contributed by atoms with E-state index < -0.39 is 23.4 Å². The molecule has 168 valence electrons. The van der Waals surface area contributed by atoms with Crippen LogP contribution in [0.4, 0.5) is 13.2 Å². The molecule has 3 N–H and O–H groups in total. The summed E-state index contributed by atoms with van der Waals surface area (Å²) in [5.74, 6) is -2.21. The predicted octanol–water partition coefficient (Wildman–Crippen LogP) is 4.76. The Bertz CT molecular complexity index is 1200. The molecule has 3 aromatic rings. The molecule has 0 radical (unpaired) electrons. The van der Waals surface area contributed by atoms with E-state index in [1.807, 2.05) is 6.92 Å². The maximum atomic E-state index is 14.4. The molecule has 1 amide bonds. The van der Waals surface area contributed by atoms with Gasteiger partial charge in [-0.1, -0.05) is 6.92 Å². The van der Waals surface area contributed by atoms with Crippen molar-refractivity contribution in [3.63, 3.8) is 0 Å². The fraction of sp³-hybridized carbons (Fsp3) is 0.292. The van der Waals surface area contributed by atoms with E-state index in [0.29, 0.717) is 23.9 Å². The van der Waals surface area contributed by atoms with E-state index in [1.165, 1.54) is 18.2 Å². The normalized spacial score (nSPS) is 12.9. The fourth-order valence-corrected chi connectivity index (χ4v) is 4.14. The van der Waals surface area contributed by atoms with Crippen LogP contribution in [0.15, 0.2) is 36.2 Å². The van der Waals surface area contributed by atoms with Crippen LogP contribution in [0.5, 0.6) is 5.75 Å². The molecule has 0 unspecified atom stereocenters. The zero-order valence-electron chi connectivity index (χ0n) is 17.7. The minimum Gasteiger partial charge on any atom is -0.486 e. The second-order valence-electron chi connectivity index (χ2n) is 7.84. The highest BCUT2D eigenvalue weighted by atomic mass is 19.1. The van der Waals surface area contributed by atoms with Gasteiger partial charge in [-0.3, -0.25) is 4.79 Å². The second-order valence-corrected chi connectivity index (χ2v) is 7.84. The number of fused-ring (bicyclic) bond motifs is 2. The Hall–Kier alpha value is -3.42. The summed E-state index contributed by atoms with van der Waals surface area (Å²) < 4.78 is 47.7. The molecule has 0 bridgehead atoms. The zero-order chi connectivity index (χ0) is 22.8. The molecular formula is C24H24F3N3O2. The third-order valence-electron chi connectivity index (χ3n) is 5.65. The van der Waals surface area contributed by atoms with Gasteiger partial charge in [0.25, 0.3) is 5.91 Å². The van der Waals surface area contributed by atoms with E-state index in [4.69, 9.17) is 10.5 Å². The first kappa shape index (κ1) is 21.8. The topological polar surface area (TPSA) is 71.3 Å². The summed E-state index contributed by atoms with van der Waals surface area (Å²) in [5.41, 5.74) is 7.68. The Balaban J connectivity index is 1.52. The van der Waals surface area contributed by atoms with Crippen molar-refractivity contribution in [2.45, 2.75) is 26.2 Å². The van der Waals surface area contributed by atoms with E-state index >= 15 is 0 Å². The first-order valence-corrected chi connectivity index (χ1v) is 10.5. The van der Waals surface area contributed by atoms with Crippen molar-refractivity contribution in [1.82, 2.24) is 9.88 Å². The molecule has 2 aromatic carbocycles. The summed E-state index contributed by atoms with van der Waals surface area (Å²) in [6.07, 6.45) is 5.62. The van der Waals surface area contributed by atoms with Crippen LogP contribution in [0.25, 0.3) is 17.0 Å². The smallest absolute Gasteiger partial charge is 0.252 e. The number of nitrogens with zero attached hydrogens (tertiary/aromatic N) is 1. The van der Waals surface area contributed by atoms with Gasteiger partial charge >= 0.3 is 0 Å². The van der Waals surface area contributed by atoms with Gasteiger partial charge in [0.2, 0.25) is 0 Å². The number of hydrogen-bond donors (Lipinski definition) is 2. The van der Waals surface area contributed by atoms with Crippen molar-refractivity contribution < 1.29 is 22.7 Å². The number of primary amides is 1. The van der Waals surface area contributed by atoms with E-state index in [9.17, 15) is 18.0 Å². The van der Waals surface area contributed by atoms with E-state index in [0.717, 1.165) is 36.7 Å². The molecule has 4 rings (SSSR count). The minimum absolute atomic E-state index is 0.151. The Morgan fingerprint density at radius 3 is 2.75 bits per heavy atom. The van der Waals surface area contributed by atoms with Crippen molar-refractivity contribution in [2.75, 3.05) is 19.7 Å². The van der Waals surface area contributed by atoms with Crippen LogP contribution in [-0.2, 0) is 6.42 Å². The third-order valence-corrected chi connectivity index (χ3v) is 5.65. The number of carbonyl (C=O) groups excluding carboxylic acids is 1. The molecule has 1 aromatic heterocycles. The quantitative estimate of drug-likeness (QED) is 0.527. The van der Waals surface area contributed by atoms with Crippen LogP contribution in [0.1, 0.15) is 41.3 Å². The summed E-state index contributed by atoms with van der Waals surface area (Å²) in [6.45, 7) is 3.63. The zero-order valence-corrected chi connectivity index (χ0v) is 17.7.